The molecule has 0 bridgehead atoms. The molecule has 1 N–H and O–H groups in total. The molecule has 1 aromatic carbocycles. The Bertz CT molecular complexity index is 588. The summed E-state index contributed by atoms with van der Waals surface area (Å²) in [4.78, 5) is 22.5. The third kappa shape index (κ3) is 1.21. The lowest BCUT2D eigenvalue weighted by molar-refractivity contribution is -0.152. The van der Waals surface area contributed by atoms with Crippen molar-refractivity contribution in [3.8, 4) is 0 Å². The summed E-state index contributed by atoms with van der Waals surface area (Å²) < 4.78 is 4.52. The molecule has 1 saturated heterocycles. The highest BCUT2D eigenvalue weighted by Crippen LogP contribution is 2.30. The lowest BCUT2D eigenvalue weighted by Crippen LogP contribution is -2.06. The van der Waals surface area contributed by atoms with Gasteiger partial charge in [-0.2, -0.15) is 5.10 Å². The van der Waals surface area contributed by atoms with E-state index in [0.717, 1.165) is 10.9 Å². The van der Waals surface area contributed by atoms with E-state index in [0.29, 0.717) is 5.69 Å². The average molecular weight is 216 g/mol. The maximum Gasteiger partial charge on any atom is 0.323 e. The second kappa shape index (κ2) is 3.16. The minimum Gasteiger partial charge on any atom is -0.393 e. The number of para-hydroxylation sites is 1. The van der Waals surface area contributed by atoms with Crippen molar-refractivity contribution in [2.45, 2.75) is 12.3 Å². The van der Waals surface area contributed by atoms with Crippen LogP contribution in [0.1, 0.15) is 18.0 Å². The smallest absolute Gasteiger partial charge is 0.323 e. The van der Waals surface area contributed by atoms with E-state index in [9.17, 15) is 9.59 Å². The number of nitrogens with one attached hydrogen (secondary N) is 1. The number of fused-ring (bicyclic) bond motifs is 1. The van der Waals surface area contributed by atoms with Gasteiger partial charge in [-0.05, 0) is 6.07 Å². The van der Waals surface area contributed by atoms with Crippen molar-refractivity contribution >= 4 is 22.8 Å². The Balaban J connectivity index is 2.13. The fourth-order valence-corrected chi connectivity index (χ4v) is 1.94. The highest BCUT2D eigenvalue weighted by Gasteiger charge is 2.36. The number of rotatable bonds is 1. The molecule has 1 aliphatic heterocycles. The monoisotopic (exact) mass is 216 g/mol. The highest BCUT2D eigenvalue weighted by molar-refractivity contribution is 6.00. The van der Waals surface area contributed by atoms with E-state index < -0.39 is 17.9 Å². The Morgan fingerprint density at radius 3 is 2.88 bits per heavy atom. The molecule has 5 heteroatoms. The van der Waals surface area contributed by atoms with Gasteiger partial charge >= 0.3 is 11.9 Å². The summed E-state index contributed by atoms with van der Waals surface area (Å²) >= 11 is 0. The number of H-pyrrole nitrogens is 1. The standard InChI is InChI=1S/C11H8N2O3/c14-9-5-7(11(15)16-9)10-6-3-1-2-4-8(6)12-13-10/h1-4,7H,5H2,(H,12,13). The fraction of sp³-hybridized carbons (Fsp3) is 0.182. The van der Waals surface area contributed by atoms with E-state index in [1.54, 1.807) is 0 Å². The first-order valence-electron chi connectivity index (χ1n) is 4.93. The van der Waals surface area contributed by atoms with E-state index in [1.165, 1.54) is 0 Å². The zero-order chi connectivity index (χ0) is 11.1. The van der Waals surface area contributed by atoms with E-state index >= 15 is 0 Å². The second-order valence-electron chi connectivity index (χ2n) is 3.70. The molecule has 5 nitrogen and oxygen atoms in total. The largest absolute Gasteiger partial charge is 0.393 e. The number of ether oxygens (including phenoxy) is 1. The summed E-state index contributed by atoms with van der Waals surface area (Å²) in [5.74, 6) is -1.52. The summed E-state index contributed by atoms with van der Waals surface area (Å²) in [5, 5.41) is 7.74. The van der Waals surface area contributed by atoms with Gasteiger partial charge in [0.2, 0.25) is 0 Å². The van der Waals surface area contributed by atoms with Crippen LogP contribution in [-0.4, -0.2) is 22.1 Å². The number of carbonyl (C=O) groups is 2. The maximum atomic E-state index is 11.4. The number of benzene rings is 1. The van der Waals surface area contributed by atoms with Crippen LogP contribution in [0.3, 0.4) is 0 Å². The number of hydrogen-bond acceptors (Lipinski definition) is 4. The van der Waals surface area contributed by atoms with Gasteiger partial charge in [-0.15, -0.1) is 0 Å². The Morgan fingerprint density at radius 1 is 1.31 bits per heavy atom. The predicted molar refractivity (Wildman–Crippen MR) is 54.6 cm³/mol. The van der Waals surface area contributed by atoms with Crippen molar-refractivity contribution in [2.75, 3.05) is 0 Å². The Morgan fingerprint density at radius 2 is 2.12 bits per heavy atom. The fourth-order valence-electron chi connectivity index (χ4n) is 1.94. The number of nitrogens with zero attached hydrogens (tertiary/aromatic N) is 1. The lowest BCUT2D eigenvalue weighted by Gasteiger charge is -2.00. The molecule has 2 heterocycles. The summed E-state index contributed by atoms with van der Waals surface area (Å²) in [7, 11) is 0. The third-order valence-corrected chi connectivity index (χ3v) is 2.71. The molecule has 0 radical (unpaired) electrons. The van der Waals surface area contributed by atoms with Gasteiger partial charge in [0.25, 0.3) is 0 Å². The normalized spacial score (nSPS) is 20.4. The van der Waals surface area contributed by atoms with Gasteiger partial charge in [0.05, 0.1) is 17.6 Å². The molecule has 1 aliphatic rings. The first-order valence-corrected chi connectivity index (χ1v) is 4.93. The summed E-state index contributed by atoms with van der Waals surface area (Å²) in [6.07, 6.45) is 0.0883. The van der Waals surface area contributed by atoms with E-state index in [1.807, 2.05) is 24.3 Å². The van der Waals surface area contributed by atoms with Crippen LogP contribution in [0.25, 0.3) is 10.9 Å². The summed E-state index contributed by atoms with van der Waals surface area (Å²) in [6.45, 7) is 0. The second-order valence-corrected chi connectivity index (χ2v) is 3.70. The molecule has 80 valence electrons. The first-order chi connectivity index (χ1) is 7.75. The summed E-state index contributed by atoms with van der Waals surface area (Å²) in [5.41, 5.74) is 1.44. The molecule has 3 rings (SSSR count). The van der Waals surface area contributed by atoms with Crippen LogP contribution in [0.2, 0.25) is 0 Å². The summed E-state index contributed by atoms with van der Waals surface area (Å²) in [6, 6.07) is 7.44. The van der Waals surface area contributed by atoms with Crippen molar-refractivity contribution < 1.29 is 14.3 Å². The van der Waals surface area contributed by atoms with Crippen LogP contribution in [0.15, 0.2) is 24.3 Å². The minimum absolute atomic E-state index is 0.0883. The van der Waals surface area contributed by atoms with Gasteiger partial charge < -0.3 is 4.74 Å². The average Bonchev–Trinajstić information content (AvgIpc) is 2.81. The number of aromatic nitrogens is 2. The minimum atomic E-state index is -0.542. The topological polar surface area (TPSA) is 72.0 Å². The lowest BCUT2D eigenvalue weighted by atomic mass is 10.0. The molecule has 1 aromatic heterocycles. The van der Waals surface area contributed by atoms with Crippen LogP contribution in [0, 0.1) is 0 Å². The van der Waals surface area contributed by atoms with E-state index in [4.69, 9.17) is 0 Å². The van der Waals surface area contributed by atoms with Crippen LogP contribution in [0.5, 0.6) is 0 Å². The zero-order valence-corrected chi connectivity index (χ0v) is 8.27. The molecule has 1 unspecified atom stereocenters. The predicted octanol–water partition coefficient (Wildman–Crippen LogP) is 1.12. The quantitative estimate of drug-likeness (QED) is 0.572. The van der Waals surface area contributed by atoms with Crippen LogP contribution >= 0.6 is 0 Å². The van der Waals surface area contributed by atoms with Crippen molar-refractivity contribution in [1.82, 2.24) is 10.2 Å². The van der Waals surface area contributed by atoms with E-state index in [-0.39, 0.29) is 6.42 Å². The molecular weight excluding hydrogens is 208 g/mol. The number of hydrogen-bond donors (Lipinski definition) is 1. The Labute approximate surface area is 90.4 Å². The molecule has 1 fully saturated rings. The molecular formula is C11H8N2O3. The number of esters is 2. The van der Waals surface area contributed by atoms with Gasteiger partial charge in [-0.3, -0.25) is 14.7 Å². The van der Waals surface area contributed by atoms with Gasteiger partial charge in [0.15, 0.2) is 0 Å². The van der Waals surface area contributed by atoms with Gasteiger partial charge in [-0.1, -0.05) is 18.2 Å². The van der Waals surface area contributed by atoms with Gasteiger partial charge in [0, 0.05) is 5.39 Å². The zero-order valence-electron chi connectivity index (χ0n) is 8.27. The van der Waals surface area contributed by atoms with Crippen LogP contribution in [-0.2, 0) is 14.3 Å². The highest BCUT2D eigenvalue weighted by atomic mass is 16.6. The number of aromatic amines is 1. The number of carbonyl (C=O) groups excluding carboxylic acids is 2. The van der Waals surface area contributed by atoms with Gasteiger partial charge in [-0.25, -0.2) is 0 Å². The molecule has 0 amide bonds. The Kier molecular flexibility index (Phi) is 1.80. The molecule has 1 atom stereocenters. The molecule has 0 spiro atoms. The van der Waals surface area contributed by atoms with Crippen molar-refractivity contribution in [3.63, 3.8) is 0 Å². The van der Waals surface area contributed by atoms with E-state index in [2.05, 4.69) is 14.9 Å². The van der Waals surface area contributed by atoms with Crippen LogP contribution in [0.4, 0.5) is 0 Å². The first kappa shape index (κ1) is 9.08. The third-order valence-electron chi connectivity index (χ3n) is 2.71. The van der Waals surface area contributed by atoms with Gasteiger partial charge in [0.1, 0.15) is 5.92 Å². The van der Waals surface area contributed by atoms with Crippen molar-refractivity contribution in [2.24, 2.45) is 0 Å². The molecule has 0 saturated carbocycles. The van der Waals surface area contributed by atoms with Crippen LogP contribution < -0.4 is 0 Å². The SMILES string of the molecule is O=C1CC(c2[nH]nc3ccccc23)C(=O)O1. The molecule has 16 heavy (non-hydrogen) atoms. The Hall–Kier alpha value is -2.17. The van der Waals surface area contributed by atoms with Crippen molar-refractivity contribution in [3.05, 3.63) is 30.0 Å². The molecule has 0 aliphatic carbocycles. The number of cyclic esters (lactones) is 2. The molecule has 2 aromatic rings. The maximum absolute atomic E-state index is 11.4. The van der Waals surface area contributed by atoms with Crippen molar-refractivity contribution in [1.29, 1.82) is 0 Å².